The van der Waals surface area contributed by atoms with Crippen LogP contribution in [0.15, 0.2) is 158 Å². The van der Waals surface area contributed by atoms with Gasteiger partial charge in [-0.2, -0.15) is 0 Å². The van der Waals surface area contributed by atoms with Crippen LogP contribution in [0, 0.1) is 6.92 Å². The highest BCUT2D eigenvalue weighted by molar-refractivity contribution is 7.86. The summed E-state index contributed by atoms with van der Waals surface area (Å²) in [6.45, 7) is 2.03. The van der Waals surface area contributed by atoms with Gasteiger partial charge in [0.15, 0.2) is 7.14 Å². The summed E-state index contributed by atoms with van der Waals surface area (Å²) in [5, 5.41) is 9.73. The average molecular weight is 633 g/mol. The normalized spacial score (nSPS) is 15.4. The Kier molecular flexibility index (Phi) is 5.77. The predicted molar refractivity (Wildman–Crippen MR) is 202 cm³/mol. The van der Waals surface area contributed by atoms with Gasteiger partial charge in [0, 0.05) is 15.9 Å². The molecule has 2 heterocycles. The summed E-state index contributed by atoms with van der Waals surface area (Å²) in [4.78, 5) is 4.91. The van der Waals surface area contributed by atoms with Crippen LogP contribution in [0.25, 0.3) is 71.3 Å². The second-order valence-electron chi connectivity index (χ2n) is 12.7. The molecule has 1 aromatic heterocycles. The summed E-state index contributed by atoms with van der Waals surface area (Å²) in [5.74, 6) is 0.890. The molecule has 0 spiro atoms. The average Bonchev–Trinajstić information content (AvgIpc) is 3.49. The van der Waals surface area contributed by atoms with Gasteiger partial charge in [0.05, 0.1) is 16.7 Å². The number of rotatable bonds is 3. The Labute approximate surface area is 278 Å². The molecule has 10 rings (SSSR count). The zero-order valence-corrected chi connectivity index (χ0v) is 27.2. The van der Waals surface area contributed by atoms with Gasteiger partial charge in [0.2, 0.25) is 0 Å². The van der Waals surface area contributed by atoms with Crippen molar-refractivity contribution in [1.29, 1.82) is 0 Å². The van der Waals surface area contributed by atoms with Crippen LogP contribution in [-0.4, -0.2) is 9.55 Å². The second-order valence-corrected chi connectivity index (χ2v) is 15.4. The summed E-state index contributed by atoms with van der Waals surface area (Å²) in [7, 11) is -3.26. The molecule has 226 valence electrons. The molecule has 1 atom stereocenters. The summed E-state index contributed by atoms with van der Waals surface area (Å²) in [5.41, 5.74) is 7.41. The highest BCUT2D eigenvalue weighted by atomic mass is 31.2. The molecule has 1 aliphatic heterocycles. The van der Waals surface area contributed by atoms with Crippen molar-refractivity contribution in [2.75, 3.05) is 0 Å². The SMILES string of the molecule is Cc1nc2cccc3c2n1-c1ccc(-c2c4ccccc4c(-c4cccc5ccccc45)c4ccccc24)cc1P3(=O)c1ccccc1. The summed E-state index contributed by atoms with van der Waals surface area (Å²) < 4.78 is 18.1. The number of aromatic nitrogens is 2. The standard InChI is InChI=1S/C44H29N2OP/c1-28-45-38-23-12-24-40-44(38)46(28)39-26-25-30(27-41(39)48(40,47)31-15-3-2-4-16-31)42-34-18-7-9-20-36(34)43(37-21-10-8-19-35(37)42)33-22-11-14-29-13-5-6-17-32(29)33/h2-27H,1H3. The van der Waals surface area contributed by atoms with Crippen LogP contribution < -0.4 is 15.9 Å². The maximum absolute atomic E-state index is 15.9. The van der Waals surface area contributed by atoms with Crippen molar-refractivity contribution in [2.24, 2.45) is 0 Å². The Hall–Kier alpha value is -5.76. The van der Waals surface area contributed by atoms with E-state index in [9.17, 15) is 0 Å². The Balaban J connectivity index is 1.32. The molecule has 8 aromatic carbocycles. The first kappa shape index (κ1) is 27.4. The number of benzene rings is 8. The number of nitrogens with zero attached hydrogens (tertiary/aromatic N) is 2. The third-order valence-corrected chi connectivity index (χ3v) is 13.2. The minimum absolute atomic E-state index is 0.835. The molecule has 0 bridgehead atoms. The zero-order chi connectivity index (χ0) is 32.0. The van der Waals surface area contributed by atoms with E-state index < -0.39 is 7.14 Å². The fourth-order valence-corrected chi connectivity index (χ4v) is 11.1. The fourth-order valence-electron chi connectivity index (χ4n) is 8.11. The van der Waals surface area contributed by atoms with Crippen LogP contribution in [0.5, 0.6) is 0 Å². The van der Waals surface area contributed by atoms with E-state index in [1.165, 1.54) is 43.4 Å². The lowest BCUT2D eigenvalue weighted by atomic mass is 9.85. The van der Waals surface area contributed by atoms with E-state index in [1.54, 1.807) is 0 Å². The quantitative estimate of drug-likeness (QED) is 0.144. The molecule has 0 radical (unpaired) electrons. The number of hydrogen-bond donors (Lipinski definition) is 0. The molecule has 0 N–H and O–H groups in total. The maximum Gasteiger partial charge on any atom is 0.175 e. The van der Waals surface area contributed by atoms with Crippen molar-refractivity contribution >= 4 is 66.4 Å². The summed E-state index contributed by atoms with van der Waals surface area (Å²) in [6, 6.07) is 55.3. The smallest absolute Gasteiger partial charge is 0.175 e. The van der Waals surface area contributed by atoms with E-state index in [1.807, 2.05) is 55.5 Å². The molecular formula is C44H29N2OP. The maximum atomic E-state index is 15.9. The van der Waals surface area contributed by atoms with Crippen molar-refractivity contribution in [3.63, 3.8) is 0 Å². The molecule has 0 aliphatic carbocycles. The minimum atomic E-state index is -3.26. The Morgan fingerprint density at radius 2 is 1.15 bits per heavy atom. The third kappa shape index (κ3) is 3.65. The monoisotopic (exact) mass is 632 g/mol. The lowest BCUT2D eigenvalue weighted by Crippen LogP contribution is -2.33. The van der Waals surface area contributed by atoms with Crippen LogP contribution in [0.1, 0.15) is 5.82 Å². The molecule has 1 aliphatic rings. The van der Waals surface area contributed by atoms with Crippen molar-refractivity contribution in [3.8, 4) is 27.9 Å². The van der Waals surface area contributed by atoms with E-state index in [0.717, 1.165) is 49.6 Å². The molecule has 0 fully saturated rings. The van der Waals surface area contributed by atoms with Crippen LogP contribution in [-0.2, 0) is 4.57 Å². The highest BCUT2D eigenvalue weighted by Gasteiger charge is 2.39. The molecular weight excluding hydrogens is 603 g/mol. The van der Waals surface area contributed by atoms with Gasteiger partial charge in [-0.15, -0.1) is 0 Å². The molecule has 4 heteroatoms. The topological polar surface area (TPSA) is 34.9 Å². The number of para-hydroxylation sites is 1. The van der Waals surface area contributed by atoms with Gasteiger partial charge in [0.25, 0.3) is 0 Å². The van der Waals surface area contributed by atoms with Crippen LogP contribution in [0.3, 0.4) is 0 Å². The zero-order valence-electron chi connectivity index (χ0n) is 26.3. The first-order valence-electron chi connectivity index (χ1n) is 16.3. The number of fused-ring (bicyclic) bond motifs is 5. The first-order valence-corrected chi connectivity index (χ1v) is 18.0. The second kappa shape index (κ2) is 10.1. The fraction of sp³-hybridized carbons (Fsp3) is 0.0227. The van der Waals surface area contributed by atoms with Crippen LogP contribution in [0.4, 0.5) is 0 Å². The van der Waals surface area contributed by atoms with E-state index in [4.69, 9.17) is 4.98 Å². The van der Waals surface area contributed by atoms with Gasteiger partial charge >= 0.3 is 0 Å². The first-order chi connectivity index (χ1) is 23.6. The van der Waals surface area contributed by atoms with Crippen molar-refractivity contribution in [1.82, 2.24) is 9.55 Å². The highest BCUT2D eigenvalue weighted by Crippen LogP contribution is 2.51. The Morgan fingerprint density at radius 1 is 0.542 bits per heavy atom. The molecule has 0 amide bonds. The Bertz CT molecular complexity index is 2770. The van der Waals surface area contributed by atoms with Crippen molar-refractivity contribution in [3.05, 3.63) is 164 Å². The predicted octanol–water partition coefficient (Wildman–Crippen LogP) is 10.1. The van der Waals surface area contributed by atoms with Gasteiger partial charge in [-0.05, 0) is 85.8 Å². The van der Waals surface area contributed by atoms with Gasteiger partial charge in [-0.25, -0.2) is 4.98 Å². The van der Waals surface area contributed by atoms with Gasteiger partial charge in [-0.3, -0.25) is 4.57 Å². The Morgan fingerprint density at radius 3 is 1.88 bits per heavy atom. The number of hydrogen-bond acceptors (Lipinski definition) is 2. The molecule has 0 saturated carbocycles. The molecule has 9 aromatic rings. The van der Waals surface area contributed by atoms with Crippen LogP contribution >= 0.6 is 7.14 Å². The van der Waals surface area contributed by atoms with Crippen molar-refractivity contribution < 1.29 is 4.57 Å². The molecule has 1 unspecified atom stereocenters. The number of imidazole rings is 1. The van der Waals surface area contributed by atoms with E-state index in [0.29, 0.717) is 0 Å². The van der Waals surface area contributed by atoms with Gasteiger partial charge in [-0.1, -0.05) is 133 Å². The van der Waals surface area contributed by atoms with Gasteiger partial charge in [0.1, 0.15) is 5.82 Å². The summed E-state index contributed by atoms with van der Waals surface area (Å²) >= 11 is 0. The largest absolute Gasteiger partial charge is 0.308 e. The van der Waals surface area contributed by atoms with E-state index >= 15 is 4.57 Å². The van der Waals surface area contributed by atoms with E-state index in [-0.39, 0.29) is 0 Å². The summed E-state index contributed by atoms with van der Waals surface area (Å²) in [6.07, 6.45) is 0. The molecule has 3 nitrogen and oxygen atoms in total. The lowest BCUT2D eigenvalue weighted by molar-refractivity contribution is 0.592. The van der Waals surface area contributed by atoms with E-state index in [2.05, 4.69) is 114 Å². The van der Waals surface area contributed by atoms with Gasteiger partial charge < -0.3 is 4.57 Å². The molecule has 0 saturated heterocycles. The van der Waals surface area contributed by atoms with Crippen LogP contribution in [0.2, 0.25) is 0 Å². The van der Waals surface area contributed by atoms with Crippen molar-refractivity contribution in [2.45, 2.75) is 6.92 Å². The minimum Gasteiger partial charge on any atom is -0.308 e. The molecule has 48 heavy (non-hydrogen) atoms. The lowest BCUT2D eigenvalue weighted by Gasteiger charge is -2.29. The number of aryl methyl sites for hydroxylation is 1. The third-order valence-electron chi connectivity index (χ3n) is 10.1.